The van der Waals surface area contributed by atoms with Gasteiger partial charge in [-0.1, -0.05) is 19.9 Å². The van der Waals surface area contributed by atoms with Crippen molar-refractivity contribution in [2.24, 2.45) is 5.92 Å². The van der Waals surface area contributed by atoms with E-state index in [9.17, 15) is 28.2 Å². The van der Waals surface area contributed by atoms with Crippen LogP contribution >= 0.6 is 0 Å². The highest BCUT2D eigenvalue weighted by atomic mass is 19.4. The van der Waals surface area contributed by atoms with E-state index in [1.54, 1.807) is 13.8 Å². The van der Waals surface area contributed by atoms with Gasteiger partial charge < -0.3 is 15.5 Å². The predicted molar refractivity (Wildman–Crippen MR) is 75.4 cm³/mol. The van der Waals surface area contributed by atoms with Crippen molar-refractivity contribution < 1.29 is 28.2 Å². The van der Waals surface area contributed by atoms with Gasteiger partial charge in [0.05, 0.1) is 12.1 Å². The highest BCUT2D eigenvalue weighted by Gasteiger charge is 2.43. The van der Waals surface area contributed by atoms with Gasteiger partial charge in [-0.05, 0) is 18.1 Å². The molecule has 1 aromatic rings. The fraction of sp³-hybridized carbons (Fsp3) is 0.600. The number of amides is 1. The minimum absolute atomic E-state index is 0.136. The number of rotatable bonds is 3. The Labute approximate surface area is 131 Å². The number of aliphatic hydroxyl groups excluding tert-OH is 2. The molecule has 23 heavy (non-hydrogen) atoms. The van der Waals surface area contributed by atoms with Gasteiger partial charge in [0.2, 0.25) is 5.91 Å². The average Bonchev–Trinajstić information content (AvgIpc) is 2.74. The highest BCUT2D eigenvalue weighted by molar-refractivity contribution is 5.78. The molecule has 128 valence electrons. The Kier molecular flexibility index (Phi) is 4.95. The third-order valence-electron chi connectivity index (χ3n) is 4.03. The molecule has 0 aliphatic heterocycles. The fourth-order valence-corrected chi connectivity index (χ4v) is 2.68. The monoisotopic (exact) mass is 332 g/mol. The first kappa shape index (κ1) is 17.7. The molecule has 5 nitrogen and oxygen atoms in total. The van der Waals surface area contributed by atoms with Crippen molar-refractivity contribution in [1.29, 1.82) is 0 Å². The van der Waals surface area contributed by atoms with Gasteiger partial charge in [0.15, 0.2) is 0 Å². The summed E-state index contributed by atoms with van der Waals surface area (Å²) in [6, 6.07) is 1.35. The number of carbonyl (C=O) groups excluding carboxylic acids is 1. The molecule has 0 spiro atoms. The topological polar surface area (TPSA) is 82.5 Å². The lowest BCUT2D eigenvalue weighted by molar-refractivity contribution is -0.141. The van der Waals surface area contributed by atoms with Crippen LogP contribution in [0.15, 0.2) is 18.3 Å². The summed E-state index contributed by atoms with van der Waals surface area (Å²) < 4.78 is 37.7. The summed E-state index contributed by atoms with van der Waals surface area (Å²) in [5.74, 6) is -1.11. The average molecular weight is 332 g/mol. The maximum atomic E-state index is 12.6. The van der Waals surface area contributed by atoms with Crippen LogP contribution in [0.25, 0.3) is 0 Å². The molecule has 0 unspecified atom stereocenters. The van der Waals surface area contributed by atoms with Crippen molar-refractivity contribution in [2.45, 2.75) is 50.6 Å². The molecular formula is C15H19F3N2O3. The van der Waals surface area contributed by atoms with E-state index >= 15 is 0 Å². The van der Waals surface area contributed by atoms with Gasteiger partial charge in [-0.15, -0.1) is 0 Å². The molecule has 1 amide bonds. The number of hydrogen-bond donors (Lipinski definition) is 3. The minimum Gasteiger partial charge on any atom is -0.390 e. The molecule has 0 saturated heterocycles. The second kappa shape index (κ2) is 6.45. The molecule has 3 N–H and O–H groups in total. The number of aromatic nitrogens is 1. The van der Waals surface area contributed by atoms with Crippen LogP contribution in [0.3, 0.4) is 0 Å². The van der Waals surface area contributed by atoms with Gasteiger partial charge >= 0.3 is 6.18 Å². The summed E-state index contributed by atoms with van der Waals surface area (Å²) in [6.45, 7) is 3.36. The molecule has 1 aromatic heterocycles. The number of nitrogens with one attached hydrogen (secondary N) is 1. The molecule has 1 saturated carbocycles. The molecular weight excluding hydrogens is 313 g/mol. The first-order valence-electron chi connectivity index (χ1n) is 7.31. The third-order valence-corrected chi connectivity index (χ3v) is 4.03. The van der Waals surface area contributed by atoms with E-state index in [1.165, 1.54) is 6.07 Å². The van der Waals surface area contributed by atoms with Crippen LogP contribution in [-0.2, 0) is 11.0 Å². The van der Waals surface area contributed by atoms with Crippen molar-refractivity contribution in [3.8, 4) is 0 Å². The van der Waals surface area contributed by atoms with Crippen molar-refractivity contribution in [3.05, 3.63) is 29.6 Å². The van der Waals surface area contributed by atoms with E-state index in [2.05, 4.69) is 10.3 Å². The van der Waals surface area contributed by atoms with Gasteiger partial charge in [0, 0.05) is 18.0 Å². The van der Waals surface area contributed by atoms with Crippen LogP contribution in [0.5, 0.6) is 0 Å². The third kappa shape index (κ3) is 3.81. The molecule has 1 aliphatic carbocycles. The summed E-state index contributed by atoms with van der Waals surface area (Å²) in [4.78, 5) is 15.2. The lowest BCUT2D eigenvalue weighted by Crippen LogP contribution is -2.46. The second-order valence-electron chi connectivity index (χ2n) is 6.06. The van der Waals surface area contributed by atoms with Crippen molar-refractivity contribution in [2.75, 3.05) is 0 Å². The Hall–Kier alpha value is -1.67. The lowest BCUT2D eigenvalue weighted by atomic mass is 9.94. The fourth-order valence-electron chi connectivity index (χ4n) is 2.68. The lowest BCUT2D eigenvalue weighted by Gasteiger charge is -2.24. The standard InChI is InChI=1S/C15H19F3N2O3/c1-7(2)14(23)20-12-9(5-10(21)13(12)22)8-3-4-11(19-6-8)15(16,17)18/h3-4,6-7,9-10,12-13,21-22H,5H2,1-2H3,(H,20,23)/t9-,10-,12-,13-/m1/s1. The number of alkyl halides is 3. The maximum absolute atomic E-state index is 12.6. The summed E-state index contributed by atoms with van der Waals surface area (Å²) in [7, 11) is 0. The van der Waals surface area contributed by atoms with E-state index in [1.807, 2.05) is 0 Å². The quantitative estimate of drug-likeness (QED) is 0.782. The molecule has 1 aliphatic rings. The highest BCUT2D eigenvalue weighted by Crippen LogP contribution is 2.36. The van der Waals surface area contributed by atoms with E-state index in [4.69, 9.17) is 0 Å². The summed E-state index contributed by atoms with van der Waals surface area (Å²) in [5.41, 5.74) is -0.578. The molecule has 2 rings (SSSR count). The van der Waals surface area contributed by atoms with Crippen LogP contribution in [0.2, 0.25) is 0 Å². The maximum Gasteiger partial charge on any atom is 0.433 e. The summed E-state index contributed by atoms with van der Waals surface area (Å²) in [5, 5.41) is 22.5. The zero-order valence-electron chi connectivity index (χ0n) is 12.7. The van der Waals surface area contributed by atoms with Gasteiger partial charge in [0.25, 0.3) is 0 Å². The molecule has 0 radical (unpaired) electrons. The molecule has 8 heteroatoms. The van der Waals surface area contributed by atoms with E-state index < -0.39 is 36.0 Å². The van der Waals surface area contributed by atoms with Gasteiger partial charge in [-0.2, -0.15) is 13.2 Å². The number of nitrogens with zero attached hydrogens (tertiary/aromatic N) is 1. The summed E-state index contributed by atoms with van der Waals surface area (Å²) >= 11 is 0. The molecule has 4 atom stereocenters. The van der Waals surface area contributed by atoms with Crippen LogP contribution in [0.1, 0.15) is 37.4 Å². The Morgan fingerprint density at radius 1 is 1.35 bits per heavy atom. The van der Waals surface area contributed by atoms with Crippen LogP contribution in [0.4, 0.5) is 13.2 Å². The number of aliphatic hydroxyl groups is 2. The van der Waals surface area contributed by atoms with E-state index in [0.717, 1.165) is 12.3 Å². The first-order valence-corrected chi connectivity index (χ1v) is 7.31. The SMILES string of the molecule is CC(C)C(=O)N[C@H]1[C@H](O)[C@H](O)C[C@@H]1c1ccc(C(F)(F)F)nc1. The van der Waals surface area contributed by atoms with E-state index in [0.29, 0.717) is 5.56 Å². The largest absolute Gasteiger partial charge is 0.433 e. The van der Waals surface area contributed by atoms with Gasteiger partial charge in [-0.3, -0.25) is 9.78 Å². The smallest absolute Gasteiger partial charge is 0.390 e. The second-order valence-corrected chi connectivity index (χ2v) is 6.06. The Morgan fingerprint density at radius 2 is 2.00 bits per heavy atom. The molecule has 1 heterocycles. The van der Waals surface area contributed by atoms with Crippen LogP contribution < -0.4 is 5.32 Å². The van der Waals surface area contributed by atoms with Crippen molar-refractivity contribution >= 4 is 5.91 Å². The predicted octanol–water partition coefficient (Wildman–Crippen LogP) is 1.45. The summed E-state index contributed by atoms with van der Waals surface area (Å²) in [6.07, 6.45) is -5.55. The number of pyridine rings is 1. The van der Waals surface area contributed by atoms with Crippen LogP contribution in [-0.4, -0.2) is 39.4 Å². The van der Waals surface area contributed by atoms with Crippen molar-refractivity contribution in [3.63, 3.8) is 0 Å². The van der Waals surface area contributed by atoms with E-state index in [-0.39, 0.29) is 18.2 Å². The molecule has 0 aromatic carbocycles. The normalized spacial score (nSPS) is 28.2. The number of halogens is 3. The van der Waals surface area contributed by atoms with Gasteiger partial charge in [-0.25, -0.2) is 0 Å². The molecule has 1 fully saturated rings. The Bertz CT molecular complexity index is 560. The number of hydrogen-bond acceptors (Lipinski definition) is 4. The van der Waals surface area contributed by atoms with Gasteiger partial charge in [0.1, 0.15) is 11.8 Å². The minimum atomic E-state index is -4.53. The van der Waals surface area contributed by atoms with Crippen LogP contribution in [0, 0.1) is 5.92 Å². The Balaban J connectivity index is 2.23. The van der Waals surface area contributed by atoms with Crippen molar-refractivity contribution in [1.82, 2.24) is 10.3 Å². The Morgan fingerprint density at radius 3 is 2.48 bits per heavy atom. The first-order chi connectivity index (χ1) is 10.6. The molecule has 0 bridgehead atoms. The zero-order chi connectivity index (χ0) is 17.4. The zero-order valence-corrected chi connectivity index (χ0v) is 12.7. The number of carbonyl (C=O) groups is 1.